The second kappa shape index (κ2) is 5.33. The van der Waals surface area contributed by atoms with Gasteiger partial charge in [0.15, 0.2) is 0 Å². The molecule has 0 aliphatic carbocycles. The van der Waals surface area contributed by atoms with Gasteiger partial charge < -0.3 is 5.11 Å². The van der Waals surface area contributed by atoms with Crippen molar-refractivity contribution in [2.75, 3.05) is 11.4 Å². The highest BCUT2D eigenvalue weighted by atomic mass is 32.2. The fourth-order valence-corrected chi connectivity index (χ4v) is 2.79. The Labute approximate surface area is 116 Å². The Morgan fingerprint density at radius 2 is 2.00 bits per heavy atom. The van der Waals surface area contributed by atoms with Crippen LogP contribution in [-0.2, 0) is 21.4 Å². The van der Waals surface area contributed by atoms with Gasteiger partial charge in [-0.2, -0.15) is 5.10 Å². The maximum absolute atomic E-state index is 12.4. The minimum Gasteiger partial charge on any atom is -0.480 e. The normalized spacial score (nSPS) is 11.2. The number of sulfonamides is 1. The van der Waals surface area contributed by atoms with Gasteiger partial charge in [0.05, 0.1) is 11.9 Å². The topological polar surface area (TPSA) is 92.5 Å². The maximum atomic E-state index is 12.4. The lowest BCUT2D eigenvalue weighted by Gasteiger charge is -2.18. The molecule has 2 rings (SSSR count). The molecule has 20 heavy (non-hydrogen) atoms. The largest absolute Gasteiger partial charge is 0.480 e. The van der Waals surface area contributed by atoms with Crippen molar-refractivity contribution in [3.05, 3.63) is 42.7 Å². The zero-order chi connectivity index (χ0) is 14.8. The van der Waals surface area contributed by atoms with Gasteiger partial charge in [-0.25, -0.2) is 8.42 Å². The first-order valence-electron chi connectivity index (χ1n) is 5.69. The SMILES string of the molecule is CN(c1ccccc1)S(=O)(=O)c1cnn(CC(=O)O)c1. The lowest BCUT2D eigenvalue weighted by Crippen LogP contribution is -2.26. The molecule has 2 aromatic rings. The van der Waals surface area contributed by atoms with Crippen molar-refractivity contribution in [3.63, 3.8) is 0 Å². The highest BCUT2D eigenvalue weighted by molar-refractivity contribution is 7.92. The Kier molecular flexibility index (Phi) is 3.75. The highest BCUT2D eigenvalue weighted by Crippen LogP contribution is 2.20. The summed E-state index contributed by atoms with van der Waals surface area (Å²) >= 11 is 0. The standard InChI is InChI=1S/C12H13N3O4S/c1-14(10-5-3-2-4-6-10)20(18,19)11-7-13-15(8-11)9-12(16)17/h2-8H,9H2,1H3,(H,16,17). The fourth-order valence-electron chi connectivity index (χ4n) is 1.64. The molecule has 1 aromatic heterocycles. The van der Waals surface area contributed by atoms with Gasteiger partial charge in [-0.05, 0) is 12.1 Å². The number of aromatic nitrogens is 2. The van der Waals surface area contributed by atoms with Crippen molar-refractivity contribution >= 4 is 21.7 Å². The Balaban J connectivity index is 2.31. The van der Waals surface area contributed by atoms with Gasteiger partial charge >= 0.3 is 5.97 Å². The van der Waals surface area contributed by atoms with E-state index in [2.05, 4.69) is 5.10 Å². The van der Waals surface area contributed by atoms with Crippen LogP contribution in [0.1, 0.15) is 0 Å². The first-order valence-corrected chi connectivity index (χ1v) is 7.13. The molecular formula is C12H13N3O4S. The summed E-state index contributed by atoms with van der Waals surface area (Å²) in [7, 11) is -2.32. The van der Waals surface area contributed by atoms with Crippen molar-refractivity contribution < 1.29 is 18.3 Å². The molecule has 0 aliphatic heterocycles. The molecule has 0 spiro atoms. The zero-order valence-electron chi connectivity index (χ0n) is 10.7. The summed E-state index contributed by atoms with van der Waals surface area (Å²) in [4.78, 5) is 10.5. The number of carboxylic acids is 1. The van der Waals surface area contributed by atoms with Crippen LogP contribution in [0.3, 0.4) is 0 Å². The van der Waals surface area contributed by atoms with Crippen LogP contribution >= 0.6 is 0 Å². The van der Waals surface area contributed by atoms with Gasteiger partial charge in [-0.3, -0.25) is 13.8 Å². The van der Waals surface area contributed by atoms with Gasteiger partial charge in [0, 0.05) is 13.2 Å². The van der Waals surface area contributed by atoms with E-state index in [0.717, 1.165) is 15.2 Å². The summed E-state index contributed by atoms with van der Waals surface area (Å²) in [6.45, 7) is -0.384. The Hall–Kier alpha value is -2.35. The highest BCUT2D eigenvalue weighted by Gasteiger charge is 2.23. The van der Waals surface area contributed by atoms with Crippen LogP contribution in [0.5, 0.6) is 0 Å². The van der Waals surface area contributed by atoms with E-state index in [0.29, 0.717) is 5.69 Å². The lowest BCUT2D eigenvalue weighted by molar-refractivity contribution is -0.137. The molecule has 1 heterocycles. The van der Waals surface area contributed by atoms with Crippen LogP contribution in [-0.4, -0.2) is 36.3 Å². The molecule has 0 saturated heterocycles. The monoisotopic (exact) mass is 295 g/mol. The number of carboxylic acid groups (broad SMARTS) is 1. The van der Waals surface area contributed by atoms with E-state index in [1.807, 2.05) is 0 Å². The number of hydrogen-bond donors (Lipinski definition) is 1. The molecule has 0 radical (unpaired) electrons. The van der Waals surface area contributed by atoms with Crippen molar-refractivity contribution in [3.8, 4) is 0 Å². The van der Waals surface area contributed by atoms with Crippen LogP contribution in [0.4, 0.5) is 5.69 Å². The quantitative estimate of drug-likeness (QED) is 0.880. The fraction of sp³-hybridized carbons (Fsp3) is 0.167. The molecule has 0 unspecified atom stereocenters. The molecule has 0 saturated carbocycles. The number of carbonyl (C=O) groups is 1. The lowest BCUT2D eigenvalue weighted by atomic mass is 10.3. The number of anilines is 1. The minimum absolute atomic E-state index is 0.0508. The summed E-state index contributed by atoms with van der Waals surface area (Å²) < 4.78 is 26.9. The first kappa shape index (κ1) is 14.1. The second-order valence-corrected chi connectivity index (χ2v) is 6.04. The third kappa shape index (κ3) is 2.80. The van der Waals surface area contributed by atoms with Crippen LogP contribution in [0.15, 0.2) is 47.6 Å². The van der Waals surface area contributed by atoms with E-state index in [4.69, 9.17) is 5.11 Å². The van der Waals surface area contributed by atoms with Crippen molar-refractivity contribution in [2.24, 2.45) is 0 Å². The summed E-state index contributed by atoms with van der Waals surface area (Å²) in [5.41, 5.74) is 0.512. The van der Waals surface area contributed by atoms with Crippen LogP contribution in [0, 0.1) is 0 Å². The average molecular weight is 295 g/mol. The van der Waals surface area contributed by atoms with E-state index in [-0.39, 0.29) is 11.4 Å². The summed E-state index contributed by atoms with van der Waals surface area (Å²) in [5, 5.41) is 12.4. The van der Waals surface area contributed by atoms with Gasteiger partial charge in [-0.1, -0.05) is 18.2 Å². The average Bonchev–Trinajstić information content (AvgIpc) is 2.87. The molecule has 1 N–H and O–H groups in total. The van der Waals surface area contributed by atoms with E-state index < -0.39 is 16.0 Å². The Morgan fingerprint density at radius 3 is 2.60 bits per heavy atom. The predicted molar refractivity (Wildman–Crippen MR) is 71.9 cm³/mol. The molecule has 0 atom stereocenters. The molecule has 1 aromatic carbocycles. The molecule has 0 amide bonds. The van der Waals surface area contributed by atoms with E-state index in [9.17, 15) is 13.2 Å². The predicted octanol–water partition coefficient (Wildman–Crippen LogP) is 0.793. The number of aliphatic carboxylic acids is 1. The summed E-state index contributed by atoms with van der Waals surface area (Å²) in [5.74, 6) is -1.09. The molecule has 106 valence electrons. The first-order chi connectivity index (χ1) is 9.41. The van der Waals surface area contributed by atoms with Crippen LogP contribution in [0.2, 0.25) is 0 Å². The smallest absolute Gasteiger partial charge is 0.325 e. The number of benzene rings is 1. The zero-order valence-corrected chi connectivity index (χ0v) is 11.5. The van der Waals surface area contributed by atoms with Gasteiger partial charge in [-0.15, -0.1) is 0 Å². The van der Waals surface area contributed by atoms with Crippen molar-refractivity contribution in [1.82, 2.24) is 9.78 Å². The number of para-hydroxylation sites is 1. The molecule has 7 nitrogen and oxygen atoms in total. The maximum Gasteiger partial charge on any atom is 0.325 e. The third-order valence-corrected chi connectivity index (χ3v) is 4.42. The van der Waals surface area contributed by atoms with Gasteiger partial charge in [0.1, 0.15) is 11.4 Å². The Bertz CT molecular complexity index is 709. The molecule has 8 heteroatoms. The van der Waals surface area contributed by atoms with Crippen LogP contribution in [0.25, 0.3) is 0 Å². The molecule has 0 aliphatic rings. The molecular weight excluding hydrogens is 282 g/mol. The number of nitrogens with zero attached hydrogens (tertiary/aromatic N) is 3. The third-order valence-electron chi connectivity index (χ3n) is 2.69. The van der Waals surface area contributed by atoms with Crippen molar-refractivity contribution in [1.29, 1.82) is 0 Å². The molecule has 0 bridgehead atoms. The van der Waals surface area contributed by atoms with Crippen molar-refractivity contribution in [2.45, 2.75) is 11.4 Å². The Morgan fingerprint density at radius 1 is 1.35 bits per heavy atom. The second-order valence-electron chi connectivity index (χ2n) is 4.08. The number of rotatable bonds is 5. The van der Waals surface area contributed by atoms with Gasteiger partial charge in [0.2, 0.25) is 0 Å². The summed E-state index contributed by atoms with van der Waals surface area (Å²) in [6, 6.07) is 8.58. The van der Waals surface area contributed by atoms with E-state index in [1.54, 1.807) is 30.3 Å². The summed E-state index contributed by atoms with van der Waals surface area (Å²) in [6.07, 6.45) is 2.33. The van der Waals surface area contributed by atoms with Crippen LogP contribution < -0.4 is 4.31 Å². The van der Waals surface area contributed by atoms with Gasteiger partial charge in [0.25, 0.3) is 10.0 Å². The van der Waals surface area contributed by atoms with E-state index in [1.165, 1.54) is 13.2 Å². The molecule has 0 fully saturated rings. The van der Waals surface area contributed by atoms with E-state index >= 15 is 0 Å². The minimum atomic E-state index is -3.75. The number of hydrogen-bond acceptors (Lipinski definition) is 4.